The lowest BCUT2D eigenvalue weighted by Crippen LogP contribution is -2.75. The number of amides is 1. The van der Waals surface area contributed by atoms with Crippen LogP contribution >= 0.6 is 11.3 Å². The Bertz CT molecular complexity index is 458. The minimum absolute atomic E-state index is 0.0602. The molecule has 0 spiro atoms. The number of hydrogen-bond acceptors (Lipinski definition) is 4. The Morgan fingerprint density at radius 3 is 2.90 bits per heavy atom. The molecule has 20 heavy (non-hydrogen) atoms. The van der Waals surface area contributed by atoms with Crippen molar-refractivity contribution in [2.24, 2.45) is 11.1 Å². The fourth-order valence-corrected chi connectivity index (χ4v) is 3.44. The topological polar surface area (TPSA) is 64.3 Å². The molecule has 0 bridgehead atoms. The Kier molecular flexibility index (Phi) is 4.52. The van der Waals surface area contributed by atoms with Crippen LogP contribution in [0, 0.1) is 5.41 Å². The smallest absolute Gasteiger partial charge is 0.240 e. The van der Waals surface area contributed by atoms with Crippen LogP contribution in [0.4, 0.5) is 0 Å². The number of ether oxygens (including phenoxy) is 1. The lowest BCUT2D eigenvalue weighted by molar-refractivity contribution is -0.170. The largest absolute Gasteiger partial charge is 0.378 e. The summed E-state index contributed by atoms with van der Waals surface area (Å²) in [6.07, 6.45) is 1.52. The van der Waals surface area contributed by atoms with E-state index in [4.69, 9.17) is 10.5 Å². The van der Waals surface area contributed by atoms with Crippen LogP contribution in [0.5, 0.6) is 0 Å². The molecule has 1 aromatic rings. The summed E-state index contributed by atoms with van der Waals surface area (Å²) in [7, 11) is 0. The highest BCUT2D eigenvalue weighted by Gasteiger charge is 2.62. The van der Waals surface area contributed by atoms with Crippen LogP contribution in [0.3, 0.4) is 0 Å². The van der Waals surface area contributed by atoms with Crippen LogP contribution in [0.25, 0.3) is 0 Å². The van der Waals surface area contributed by atoms with Gasteiger partial charge in [0.1, 0.15) is 5.54 Å². The van der Waals surface area contributed by atoms with Gasteiger partial charge in [-0.25, -0.2) is 0 Å². The van der Waals surface area contributed by atoms with Crippen molar-refractivity contribution >= 4 is 17.2 Å². The minimum atomic E-state index is -0.817. The first-order valence-electron chi connectivity index (χ1n) is 7.13. The summed E-state index contributed by atoms with van der Waals surface area (Å²) in [4.78, 5) is 13.6. The first-order valence-corrected chi connectivity index (χ1v) is 8.01. The van der Waals surface area contributed by atoms with Gasteiger partial charge in [0.05, 0.1) is 6.10 Å². The van der Waals surface area contributed by atoms with E-state index >= 15 is 0 Å². The third-order valence-electron chi connectivity index (χ3n) is 4.47. The van der Waals surface area contributed by atoms with E-state index in [0.717, 1.165) is 6.42 Å². The number of rotatable bonds is 6. The number of nitrogens with two attached hydrogens (primary N) is 1. The maximum atomic E-state index is 12.4. The normalized spacial score (nSPS) is 27.9. The van der Waals surface area contributed by atoms with Crippen molar-refractivity contribution in [1.82, 2.24) is 5.32 Å². The maximum absolute atomic E-state index is 12.4. The van der Waals surface area contributed by atoms with Crippen LogP contribution < -0.4 is 11.1 Å². The second kappa shape index (κ2) is 5.84. The van der Waals surface area contributed by atoms with Gasteiger partial charge in [-0.1, -0.05) is 19.9 Å². The van der Waals surface area contributed by atoms with E-state index in [0.29, 0.717) is 19.6 Å². The van der Waals surface area contributed by atoms with Gasteiger partial charge in [0.25, 0.3) is 0 Å². The van der Waals surface area contributed by atoms with Crippen molar-refractivity contribution < 1.29 is 9.53 Å². The number of thiophene rings is 1. The van der Waals surface area contributed by atoms with E-state index < -0.39 is 5.54 Å². The van der Waals surface area contributed by atoms with E-state index in [1.807, 2.05) is 32.2 Å². The lowest BCUT2D eigenvalue weighted by Gasteiger charge is -2.57. The lowest BCUT2D eigenvalue weighted by atomic mass is 9.54. The number of nitrogens with one attached hydrogen (secondary N) is 1. The fraction of sp³-hybridized carbons (Fsp3) is 0.667. The molecule has 112 valence electrons. The Balaban J connectivity index is 1.86. The standard InChI is InChI=1S/C15H24N2O2S/c1-4-19-12-10-15(16,14(12,2)3)13(18)17-8-7-11-6-5-9-20-11/h5-6,9,12H,4,7-8,10,16H2,1-3H3,(H,17,18). The zero-order valence-electron chi connectivity index (χ0n) is 12.4. The van der Waals surface area contributed by atoms with Gasteiger partial charge < -0.3 is 15.8 Å². The summed E-state index contributed by atoms with van der Waals surface area (Å²) in [5.74, 6) is -0.0602. The predicted octanol–water partition coefficient (Wildman–Crippen LogP) is 1.94. The molecular formula is C15H24N2O2S. The van der Waals surface area contributed by atoms with Gasteiger partial charge >= 0.3 is 0 Å². The Morgan fingerprint density at radius 2 is 2.35 bits per heavy atom. The molecule has 2 atom stereocenters. The molecule has 3 N–H and O–H groups in total. The van der Waals surface area contributed by atoms with Crippen LogP contribution in [0.15, 0.2) is 17.5 Å². The van der Waals surface area contributed by atoms with Crippen molar-refractivity contribution in [2.75, 3.05) is 13.2 Å². The Morgan fingerprint density at radius 1 is 1.60 bits per heavy atom. The molecule has 1 heterocycles. The minimum Gasteiger partial charge on any atom is -0.378 e. The maximum Gasteiger partial charge on any atom is 0.240 e. The zero-order chi connectivity index (χ0) is 14.8. The average Bonchev–Trinajstić information content (AvgIpc) is 2.91. The summed E-state index contributed by atoms with van der Waals surface area (Å²) < 4.78 is 5.64. The van der Waals surface area contributed by atoms with E-state index in [1.54, 1.807) is 11.3 Å². The SMILES string of the molecule is CCOC1CC(N)(C(=O)NCCc2cccs2)C1(C)C. The van der Waals surface area contributed by atoms with E-state index in [2.05, 4.69) is 11.4 Å². The molecule has 1 fully saturated rings. The molecular weight excluding hydrogens is 272 g/mol. The first-order chi connectivity index (χ1) is 9.41. The van der Waals surface area contributed by atoms with Gasteiger partial charge in [-0.05, 0) is 24.8 Å². The summed E-state index contributed by atoms with van der Waals surface area (Å²) >= 11 is 1.71. The van der Waals surface area contributed by atoms with Gasteiger partial charge in [0.15, 0.2) is 0 Å². The summed E-state index contributed by atoms with van der Waals surface area (Å²) in [5, 5.41) is 5.01. The molecule has 4 nitrogen and oxygen atoms in total. The summed E-state index contributed by atoms with van der Waals surface area (Å²) in [6, 6.07) is 4.10. The predicted molar refractivity (Wildman–Crippen MR) is 81.8 cm³/mol. The Labute approximate surface area is 124 Å². The van der Waals surface area contributed by atoms with E-state index in [9.17, 15) is 4.79 Å². The van der Waals surface area contributed by atoms with Gasteiger partial charge in [-0.3, -0.25) is 4.79 Å². The van der Waals surface area contributed by atoms with Gasteiger partial charge in [0, 0.05) is 29.9 Å². The van der Waals surface area contributed by atoms with Crippen molar-refractivity contribution in [3.05, 3.63) is 22.4 Å². The van der Waals surface area contributed by atoms with Gasteiger partial charge in [-0.15, -0.1) is 11.3 Å². The highest BCUT2D eigenvalue weighted by molar-refractivity contribution is 7.09. The molecule has 1 saturated carbocycles. The molecule has 2 unspecified atom stereocenters. The highest BCUT2D eigenvalue weighted by Crippen LogP contribution is 2.49. The van der Waals surface area contributed by atoms with Gasteiger partial charge in [0.2, 0.25) is 5.91 Å². The monoisotopic (exact) mass is 296 g/mol. The molecule has 0 aliphatic heterocycles. The molecule has 1 aliphatic rings. The third kappa shape index (κ3) is 2.62. The second-order valence-electron chi connectivity index (χ2n) is 5.93. The summed E-state index contributed by atoms with van der Waals surface area (Å²) in [5.41, 5.74) is 5.17. The first kappa shape index (κ1) is 15.5. The van der Waals surface area contributed by atoms with Crippen LogP contribution in [-0.2, 0) is 16.0 Å². The van der Waals surface area contributed by atoms with Crippen molar-refractivity contribution in [1.29, 1.82) is 0 Å². The summed E-state index contributed by atoms with van der Waals surface area (Å²) in [6.45, 7) is 7.27. The molecule has 1 aromatic heterocycles. The van der Waals surface area contributed by atoms with Crippen LogP contribution in [0.1, 0.15) is 32.1 Å². The number of carbonyl (C=O) groups excluding carboxylic acids is 1. The van der Waals surface area contributed by atoms with Crippen molar-refractivity contribution in [2.45, 2.75) is 45.3 Å². The zero-order valence-corrected chi connectivity index (χ0v) is 13.3. The van der Waals surface area contributed by atoms with Crippen LogP contribution in [0.2, 0.25) is 0 Å². The Hall–Kier alpha value is -0.910. The number of carbonyl (C=O) groups is 1. The third-order valence-corrected chi connectivity index (χ3v) is 5.41. The molecule has 0 saturated heterocycles. The second-order valence-corrected chi connectivity index (χ2v) is 6.96. The molecule has 1 aliphatic carbocycles. The highest BCUT2D eigenvalue weighted by atomic mass is 32.1. The average molecular weight is 296 g/mol. The molecule has 0 aromatic carbocycles. The molecule has 0 radical (unpaired) electrons. The quantitative estimate of drug-likeness (QED) is 0.843. The van der Waals surface area contributed by atoms with E-state index in [1.165, 1.54) is 4.88 Å². The molecule has 5 heteroatoms. The fourth-order valence-electron chi connectivity index (χ4n) is 2.73. The van der Waals surface area contributed by atoms with Crippen molar-refractivity contribution in [3.63, 3.8) is 0 Å². The number of hydrogen-bond donors (Lipinski definition) is 2. The van der Waals surface area contributed by atoms with Crippen LogP contribution in [-0.4, -0.2) is 30.7 Å². The van der Waals surface area contributed by atoms with Crippen molar-refractivity contribution in [3.8, 4) is 0 Å². The van der Waals surface area contributed by atoms with E-state index in [-0.39, 0.29) is 17.4 Å². The van der Waals surface area contributed by atoms with Gasteiger partial charge in [-0.2, -0.15) is 0 Å². The molecule has 1 amide bonds. The molecule has 2 rings (SSSR count).